The molecule has 2 nitrogen and oxygen atoms in total. The summed E-state index contributed by atoms with van der Waals surface area (Å²) in [6.45, 7) is 4.14. The van der Waals surface area contributed by atoms with Crippen LogP contribution in [0.4, 0.5) is 0 Å². The predicted molar refractivity (Wildman–Crippen MR) is 65.7 cm³/mol. The molecule has 0 saturated carbocycles. The summed E-state index contributed by atoms with van der Waals surface area (Å²) in [6, 6.07) is 7.82. The van der Waals surface area contributed by atoms with Gasteiger partial charge in [0.05, 0.1) is 5.92 Å². The third kappa shape index (κ3) is 3.69. The van der Waals surface area contributed by atoms with Gasteiger partial charge in [0.2, 0.25) is 0 Å². The summed E-state index contributed by atoms with van der Waals surface area (Å²) < 4.78 is 0. The molecule has 0 amide bonds. The van der Waals surface area contributed by atoms with E-state index < -0.39 is 5.97 Å². The zero-order valence-corrected chi connectivity index (χ0v) is 10.1. The Morgan fingerprint density at radius 3 is 2.38 bits per heavy atom. The van der Waals surface area contributed by atoms with Crippen molar-refractivity contribution in [2.75, 3.05) is 0 Å². The van der Waals surface area contributed by atoms with Crippen molar-refractivity contribution >= 4 is 5.97 Å². The van der Waals surface area contributed by atoms with Crippen LogP contribution in [-0.4, -0.2) is 11.1 Å². The molecule has 0 bridgehead atoms. The van der Waals surface area contributed by atoms with Gasteiger partial charge in [-0.05, 0) is 18.9 Å². The number of hydrogen-bond donors (Lipinski definition) is 1. The van der Waals surface area contributed by atoms with Crippen LogP contribution in [0, 0.1) is 6.92 Å². The first-order valence-corrected chi connectivity index (χ1v) is 5.94. The minimum absolute atomic E-state index is 0.341. The zero-order valence-electron chi connectivity index (χ0n) is 10.1. The van der Waals surface area contributed by atoms with Crippen LogP contribution < -0.4 is 0 Å². The third-order valence-corrected chi connectivity index (χ3v) is 2.87. The molecule has 0 spiro atoms. The highest BCUT2D eigenvalue weighted by Crippen LogP contribution is 2.23. The van der Waals surface area contributed by atoms with Crippen molar-refractivity contribution in [1.29, 1.82) is 0 Å². The Labute approximate surface area is 97.3 Å². The van der Waals surface area contributed by atoms with Gasteiger partial charge in [-0.2, -0.15) is 0 Å². The van der Waals surface area contributed by atoms with Crippen molar-refractivity contribution in [3.63, 3.8) is 0 Å². The second kappa shape index (κ2) is 6.31. The summed E-state index contributed by atoms with van der Waals surface area (Å²) in [7, 11) is 0. The monoisotopic (exact) mass is 220 g/mol. The molecule has 88 valence electrons. The molecule has 1 atom stereocenters. The van der Waals surface area contributed by atoms with E-state index in [9.17, 15) is 9.90 Å². The van der Waals surface area contributed by atoms with E-state index in [1.54, 1.807) is 0 Å². The number of rotatable bonds is 6. The SMILES string of the molecule is CCCCCC(C(=O)O)c1ccc(C)cc1. The average molecular weight is 220 g/mol. The molecule has 1 unspecified atom stereocenters. The fourth-order valence-corrected chi connectivity index (χ4v) is 1.83. The Morgan fingerprint density at radius 2 is 1.88 bits per heavy atom. The highest BCUT2D eigenvalue weighted by atomic mass is 16.4. The predicted octanol–water partition coefficient (Wildman–Crippen LogP) is 3.74. The van der Waals surface area contributed by atoms with E-state index >= 15 is 0 Å². The maximum atomic E-state index is 11.2. The quantitative estimate of drug-likeness (QED) is 0.741. The molecule has 1 N–H and O–H groups in total. The second-order valence-electron chi connectivity index (χ2n) is 4.30. The molecule has 2 heteroatoms. The van der Waals surface area contributed by atoms with Crippen LogP contribution in [0.25, 0.3) is 0 Å². The minimum Gasteiger partial charge on any atom is -0.481 e. The van der Waals surface area contributed by atoms with E-state index in [2.05, 4.69) is 6.92 Å². The van der Waals surface area contributed by atoms with Crippen molar-refractivity contribution in [3.05, 3.63) is 35.4 Å². The molecule has 0 aliphatic rings. The number of unbranched alkanes of at least 4 members (excludes halogenated alkanes) is 2. The van der Waals surface area contributed by atoms with Crippen LogP contribution in [-0.2, 0) is 4.79 Å². The van der Waals surface area contributed by atoms with Gasteiger partial charge in [-0.25, -0.2) is 0 Å². The zero-order chi connectivity index (χ0) is 12.0. The largest absolute Gasteiger partial charge is 0.481 e. The lowest BCUT2D eigenvalue weighted by Gasteiger charge is -2.12. The Balaban J connectivity index is 2.69. The van der Waals surface area contributed by atoms with Crippen molar-refractivity contribution in [2.24, 2.45) is 0 Å². The van der Waals surface area contributed by atoms with Gasteiger partial charge in [0, 0.05) is 0 Å². The van der Waals surface area contributed by atoms with E-state index in [0.717, 1.165) is 31.2 Å². The Morgan fingerprint density at radius 1 is 1.25 bits per heavy atom. The van der Waals surface area contributed by atoms with E-state index in [1.807, 2.05) is 31.2 Å². The van der Waals surface area contributed by atoms with E-state index in [-0.39, 0.29) is 5.92 Å². The van der Waals surface area contributed by atoms with E-state index in [1.165, 1.54) is 5.56 Å². The summed E-state index contributed by atoms with van der Waals surface area (Å²) >= 11 is 0. The Hall–Kier alpha value is -1.31. The van der Waals surface area contributed by atoms with Gasteiger partial charge < -0.3 is 5.11 Å². The number of carboxylic acids is 1. The van der Waals surface area contributed by atoms with Gasteiger partial charge >= 0.3 is 5.97 Å². The number of carboxylic acid groups (broad SMARTS) is 1. The normalized spacial score (nSPS) is 12.4. The van der Waals surface area contributed by atoms with Crippen molar-refractivity contribution < 1.29 is 9.90 Å². The highest BCUT2D eigenvalue weighted by molar-refractivity contribution is 5.76. The molecule has 16 heavy (non-hydrogen) atoms. The van der Waals surface area contributed by atoms with Crippen LogP contribution >= 0.6 is 0 Å². The highest BCUT2D eigenvalue weighted by Gasteiger charge is 2.18. The van der Waals surface area contributed by atoms with Gasteiger partial charge in [-0.3, -0.25) is 4.79 Å². The van der Waals surface area contributed by atoms with Gasteiger partial charge in [0.15, 0.2) is 0 Å². The fraction of sp³-hybridized carbons (Fsp3) is 0.500. The van der Waals surface area contributed by atoms with Crippen LogP contribution in [0.3, 0.4) is 0 Å². The smallest absolute Gasteiger partial charge is 0.310 e. The maximum absolute atomic E-state index is 11.2. The van der Waals surface area contributed by atoms with Gasteiger partial charge in [-0.15, -0.1) is 0 Å². The molecule has 0 aromatic heterocycles. The fourth-order valence-electron chi connectivity index (χ4n) is 1.83. The first-order chi connectivity index (χ1) is 7.65. The summed E-state index contributed by atoms with van der Waals surface area (Å²) in [6.07, 6.45) is 3.96. The average Bonchev–Trinajstić information content (AvgIpc) is 2.26. The lowest BCUT2D eigenvalue weighted by atomic mass is 9.93. The van der Waals surface area contributed by atoms with Crippen molar-refractivity contribution in [2.45, 2.75) is 45.4 Å². The molecule has 0 fully saturated rings. The number of aryl methyl sites for hydroxylation is 1. The van der Waals surface area contributed by atoms with E-state index in [4.69, 9.17) is 0 Å². The summed E-state index contributed by atoms with van der Waals surface area (Å²) in [4.78, 5) is 11.2. The van der Waals surface area contributed by atoms with Gasteiger partial charge in [0.25, 0.3) is 0 Å². The molecule has 0 saturated heterocycles. The molecule has 1 aromatic carbocycles. The first kappa shape index (κ1) is 12.8. The van der Waals surface area contributed by atoms with Crippen LogP contribution in [0.15, 0.2) is 24.3 Å². The first-order valence-electron chi connectivity index (χ1n) is 5.94. The molecule has 1 aromatic rings. The van der Waals surface area contributed by atoms with Crippen molar-refractivity contribution in [3.8, 4) is 0 Å². The summed E-state index contributed by atoms with van der Waals surface area (Å²) in [5.41, 5.74) is 2.09. The maximum Gasteiger partial charge on any atom is 0.310 e. The molecule has 1 rings (SSSR count). The molecular weight excluding hydrogens is 200 g/mol. The number of aliphatic carboxylic acids is 1. The number of carbonyl (C=O) groups is 1. The second-order valence-corrected chi connectivity index (χ2v) is 4.30. The number of benzene rings is 1. The van der Waals surface area contributed by atoms with Gasteiger partial charge in [-0.1, -0.05) is 56.0 Å². The van der Waals surface area contributed by atoms with Crippen molar-refractivity contribution in [1.82, 2.24) is 0 Å². The van der Waals surface area contributed by atoms with Crippen LogP contribution in [0.2, 0.25) is 0 Å². The standard InChI is InChI=1S/C14H20O2/c1-3-4-5-6-13(14(15)16)12-9-7-11(2)8-10-12/h7-10,13H,3-6H2,1-2H3,(H,15,16). The lowest BCUT2D eigenvalue weighted by Crippen LogP contribution is -2.11. The molecular formula is C14H20O2. The molecule has 0 heterocycles. The van der Waals surface area contributed by atoms with Gasteiger partial charge in [0.1, 0.15) is 0 Å². The molecule has 0 aliphatic carbocycles. The minimum atomic E-state index is -0.708. The van der Waals surface area contributed by atoms with Crippen LogP contribution in [0.5, 0.6) is 0 Å². The topological polar surface area (TPSA) is 37.3 Å². The van der Waals surface area contributed by atoms with Crippen LogP contribution in [0.1, 0.15) is 49.7 Å². The van der Waals surface area contributed by atoms with E-state index in [0.29, 0.717) is 0 Å². The summed E-state index contributed by atoms with van der Waals surface area (Å²) in [5.74, 6) is -1.05. The lowest BCUT2D eigenvalue weighted by molar-refractivity contribution is -0.139. The third-order valence-electron chi connectivity index (χ3n) is 2.87. The summed E-state index contributed by atoms with van der Waals surface area (Å²) in [5, 5.41) is 9.20. The number of hydrogen-bond acceptors (Lipinski definition) is 1. The Kier molecular flexibility index (Phi) is 5.03. The molecule has 0 aliphatic heterocycles. The molecule has 0 radical (unpaired) electrons. The Bertz CT molecular complexity index is 327.